The number of carbonyl (C=O) groups is 2. The number of anilines is 1. The summed E-state index contributed by atoms with van der Waals surface area (Å²) in [6, 6.07) is 9.23. The summed E-state index contributed by atoms with van der Waals surface area (Å²) >= 11 is 0. The number of carboxylic acid groups (broad SMARTS) is 2. The first-order valence-electron chi connectivity index (χ1n) is 11.5. The number of phenolic OH excluding ortho intramolecular Hbond substituents is 1. The van der Waals surface area contributed by atoms with Crippen molar-refractivity contribution in [3.8, 4) is 5.75 Å². The second-order valence-electron chi connectivity index (χ2n) is 8.75. The molecule has 0 saturated carbocycles. The van der Waals surface area contributed by atoms with E-state index >= 15 is 0 Å². The minimum Gasteiger partial charge on any atom is -0.744 e. The van der Waals surface area contributed by atoms with Crippen LogP contribution in [0.1, 0.15) is 26.3 Å². The second kappa shape index (κ2) is 18.1. The maximum Gasteiger partial charge on any atom is 1.00 e. The molecule has 0 fully saturated rings. The van der Waals surface area contributed by atoms with E-state index in [0.29, 0.717) is 17.7 Å². The van der Waals surface area contributed by atoms with Gasteiger partial charge in [0.05, 0.1) is 38.8 Å². The molecule has 0 aliphatic carbocycles. The van der Waals surface area contributed by atoms with Crippen molar-refractivity contribution in [2.75, 3.05) is 5.73 Å². The molecule has 0 spiro atoms. The van der Waals surface area contributed by atoms with Crippen LogP contribution >= 0.6 is 0 Å². The van der Waals surface area contributed by atoms with Crippen molar-refractivity contribution in [1.29, 1.82) is 0 Å². The van der Waals surface area contributed by atoms with E-state index in [1.165, 1.54) is 30.3 Å². The normalized spacial score (nSPS) is 11.3. The van der Waals surface area contributed by atoms with Crippen LogP contribution in [0.3, 0.4) is 0 Å². The molecule has 3 N–H and O–H groups in total. The smallest absolute Gasteiger partial charge is 0.744 e. The molecular weight excluding hydrogens is 702 g/mol. The molecule has 0 aliphatic rings. The monoisotopic (exact) mass is 717 g/mol. The zero-order valence-corrected chi connectivity index (χ0v) is 35.0. The fourth-order valence-corrected chi connectivity index (χ4v) is 4.98. The van der Waals surface area contributed by atoms with Gasteiger partial charge in [0, 0.05) is 21.9 Å². The predicted molar refractivity (Wildman–Crippen MR) is 141 cm³/mol. The Balaban J connectivity index is 0.00000529. The number of nitrogen functional groups attached to an aromatic ring is 1. The quantitative estimate of drug-likeness (QED) is 0.0744. The molecule has 0 heterocycles. The number of hydrogen-bond acceptors (Lipinski definition) is 16. The number of rotatable bonds is 8. The molecule has 0 radical (unpaired) electrons. The Bertz CT molecular complexity index is 2150. The van der Waals surface area contributed by atoms with E-state index in [2.05, 4.69) is 20.5 Å². The molecule has 16 nitrogen and oxygen atoms in total. The molecular formula is C25H15N5Na4O11S2. The Kier molecular flexibility index (Phi) is 17.6. The van der Waals surface area contributed by atoms with E-state index in [-0.39, 0.29) is 152 Å². The third-order valence-electron chi connectivity index (χ3n) is 5.87. The Morgan fingerprint density at radius 3 is 1.70 bits per heavy atom. The van der Waals surface area contributed by atoms with Crippen molar-refractivity contribution >= 4 is 71.4 Å². The van der Waals surface area contributed by atoms with Gasteiger partial charge in [-0.1, -0.05) is 11.6 Å². The third kappa shape index (κ3) is 10.6. The van der Waals surface area contributed by atoms with Gasteiger partial charge in [-0.3, -0.25) is 0 Å². The number of azo groups is 2. The average molecular weight is 718 g/mol. The molecule has 47 heavy (non-hydrogen) atoms. The van der Waals surface area contributed by atoms with Crippen LogP contribution in [-0.4, -0.2) is 43.0 Å². The van der Waals surface area contributed by atoms with Gasteiger partial charge in [0.25, 0.3) is 0 Å². The molecule has 0 unspecified atom stereocenters. The van der Waals surface area contributed by atoms with Crippen molar-refractivity contribution in [3.05, 3.63) is 71.3 Å². The molecule has 4 aromatic carbocycles. The van der Waals surface area contributed by atoms with Gasteiger partial charge < -0.3 is 39.7 Å². The van der Waals surface area contributed by atoms with Gasteiger partial charge in [0.15, 0.2) is 5.75 Å². The van der Waals surface area contributed by atoms with E-state index in [1.807, 2.05) is 0 Å². The Morgan fingerprint density at radius 1 is 0.681 bits per heavy atom. The number of nitrogens with zero attached hydrogens (tertiary/aromatic N) is 4. The first kappa shape index (κ1) is 45.7. The van der Waals surface area contributed by atoms with E-state index in [0.717, 1.165) is 12.1 Å². The zero-order chi connectivity index (χ0) is 31.9. The molecule has 0 atom stereocenters. The van der Waals surface area contributed by atoms with Crippen molar-refractivity contribution in [2.24, 2.45) is 20.5 Å². The molecule has 0 amide bonds. The van der Waals surface area contributed by atoms with Gasteiger partial charge in [-0.05, 0) is 55.5 Å². The molecule has 0 aromatic heterocycles. The van der Waals surface area contributed by atoms with Crippen LogP contribution in [0, 0.1) is 6.92 Å². The van der Waals surface area contributed by atoms with Crippen LogP contribution in [0.2, 0.25) is 0 Å². The van der Waals surface area contributed by atoms with Crippen LogP contribution in [0.5, 0.6) is 5.75 Å². The van der Waals surface area contributed by atoms with Crippen molar-refractivity contribution in [1.82, 2.24) is 0 Å². The zero-order valence-electron chi connectivity index (χ0n) is 25.4. The molecule has 4 rings (SSSR count). The van der Waals surface area contributed by atoms with Crippen LogP contribution in [0.25, 0.3) is 10.8 Å². The van der Waals surface area contributed by atoms with E-state index in [9.17, 15) is 50.8 Å². The van der Waals surface area contributed by atoms with Gasteiger partial charge in [-0.2, -0.15) is 0 Å². The van der Waals surface area contributed by atoms with Gasteiger partial charge in [-0.15, -0.1) is 20.5 Å². The standard InChI is InChI=1S/C25H19N5O11S2.4Na/c1-11-2-6-18(15(8-11)24(32)33)27-29-21-14-10-20(43(39,40)41)22(23(31)13(14)4-5-17(21)26)30-28-19-7-3-12(42(36,37)38)9-16(19)25(34)35;;;;/h2-10,31H,26H2,1H3,(H,32,33)(H,34,35)(H,36,37,38)(H,39,40,41);;;;/q;4*+1/p-4. The minimum atomic E-state index is -5.44. The second-order valence-corrected chi connectivity index (χ2v) is 11.5. The summed E-state index contributed by atoms with van der Waals surface area (Å²) in [6.07, 6.45) is 0. The van der Waals surface area contributed by atoms with Gasteiger partial charge in [0.2, 0.25) is 0 Å². The SMILES string of the molecule is Cc1ccc(N=Nc2c(N)ccc3c(O)c(N=Nc4ccc(S(=O)(=O)[O-])cc4C(=O)[O-])c(S(=O)(=O)[O-])cc23)c(C(=O)[O-])c1.[Na+].[Na+].[Na+].[Na+]. The Hall–Kier alpha value is -1.30. The number of carboxylic acids is 2. The number of hydrogen-bond donors (Lipinski definition) is 2. The summed E-state index contributed by atoms with van der Waals surface area (Å²) in [5.41, 5.74) is 3.25. The number of benzene rings is 4. The van der Waals surface area contributed by atoms with E-state index in [4.69, 9.17) is 5.73 Å². The van der Waals surface area contributed by atoms with Gasteiger partial charge in [0.1, 0.15) is 31.6 Å². The number of phenols is 1. The van der Waals surface area contributed by atoms with Crippen LogP contribution in [0.4, 0.5) is 28.4 Å². The van der Waals surface area contributed by atoms with Crippen LogP contribution in [0.15, 0.2) is 84.8 Å². The van der Waals surface area contributed by atoms with Crippen molar-refractivity contribution in [2.45, 2.75) is 16.7 Å². The number of aromatic hydroxyl groups is 1. The maximum atomic E-state index is 12.2. The minimum absolute atomic E-state index is 0. The number of nitrogens with two attached hydrogens (primary N) is 1. The van der Waals surface area contributed by atoms with Crippen molar-refractivity contribution < 1.29 is 169 Å². The summed E-state index contributed by atoms with van der Waals surface area (Å²) in [6.45, 7) is 1.63. The fraction of sp³-hybridized carbons (Fsp3) is 0.0400. The number of carbonyl (C=O) groups excluding carboxylic acids is 2. The predicted octanol–water partition coefficient (Wildman–Crippen LogP) is -10.2. The molecule has 0 saturated heterocycles. The number of aromatic carboxylic acids is 2. The largest absolute Gasteiger partial charge is 1.00 e. The maximum absolute atomic E-state index is 12.2. The molecule has 0 aliphatic heterocycles. The van der Waals surface area contributed by atoms with Gasteiger partial charge in [-0.25, -0.2) is 16.8 Å². The third-order valence-corrected chi connectivity index (χ3v) is 7.55. The summed E-state index contributed by atoms with van der Waals surface area (Å²) in [5, 5.41) is 48.4. The summed E-state index contributed by atoms with van der Waals surface area (Å²) in [5.74, 6) is -4.46. The molecule has 222 valence electrons. The Morgan fingerprint density at radius 2 is 1.19 bits per heavy atom. The van der Waals surface area contributed by atoms with Crippen molar-refractivity contribution in [3.63, 3.8) is 0 Å². The molecule has 4 aromatic rings. The van der Waals surface area contributed by atoms with E-state index < -0.39 is 64.7 Å². The number of fused-ring (bicyclic) bond motifs is 1. The Labute approximate surface area is 355 Å². The van der Waals surface area contributed by atoms with Crippen LogP contribution in [-0.2, 0) is 20.2 Å². The average Bonchev–Trinajstić information content (AvgIpc) is 2.91. The first-order chi connectivity index (χ1) is 20.0. The molecule has 0 bridgehead atoms. The first-order valence-corrected chi connectivity index (χ1v) is 14.3. The van der Waals surface area contributed by atoms with Crippen LogP contribution < -0.4 is 134 Å². The topological polar surface area (TPSA) is 290 Å². The van der Waals surface area contributed by atoms with Gasteiger partial charge >= 0.3 is 118 Å². The van der Waals surface area contributed by atoms with E-state index in [1.54, 1.807) is 6.92 Å². The summed E-state index contributed by atoms with van der Waals surface area (Å²) in [4.78, 5) is 21.0. The summed E-state index contributed by atoms with van der Waals surface area (Å²) < 4.78 is 70.3. The number of aryl methyl sites for hydroxylation is 1. The molecule has 22 heteroatoms. The summed E-state index contributed by atoms with van der Waals surface area (Å²) in [7, 11) is -10.5. The fourth-order valence-electron chi connectivity index (χ4n) is 3.85.